The zero-order chi connectivity index (χ0) is 19.2. The van der Waals surface area contributed by atoms with Gasteiger partial charge in [-0.1, -0.05) is 43.6 Å². The van der Waals surface area contributed by atoms with E-state index in [0.717, 1.165) is 29.0 Å². The molecular weight excluding hydrogens is 362 g/mol. The number of rotatable bonds is 5. The molecule has 0 unspecified atom stereocenters. The fraction of sp³-hybridized carbons (Fsp3) is 0.318. The van der Waals surface area contributed by atoms with Crippen LogP contribution < -0.4 is 14.8 Å². The second-order valence-corrected chi connectivity index (χ2v) is 7.31. The summed E-state index contributed by atoms with van der Waals surface area (Å²) in [5.41, 5.74) is 1.92. The number of ether oxygens (including phenoxy) is 2. The van der Waals surface area contributed by atoms with Crippen LogP contribution in [0.1, 0.15) is 37.4 Å². The first kappa shape index (κ1) is 19.3. The second kappa shape index (κ2) is 8.96. The van der Waals surface area contributed by atoms with E-state index in [9.17, 15) is 4.79 Å². The summed E-state index contributed by atoms with van der Waals surface area (Å²) >= 11 is 5.88. The van der Waals surface area contributed by atoms with Crippen molar-refractivity contribution in [2.24, 2.45) is 5.92 Å². The van der Waals surface area contributed by atoms with E-state index in [1.807, 2.05) is 30.3 Å². The van der Waals surface area contributed by atoms with E-state index >= 15 is 0 Å². The van der Waals surface area contributed by atoms with Crippen molar-refractivity contribution in [1.82, 2.24) is 5.32 Å². The fourth-order valence-corrected chi connectivity index (χ4v) is 3.08. The maximum absolute atomic E-state index is 12.4. The fourth-order valence-electron chi connectivity index (χ4n) is 2.96. The summed E-state index contributed by atoms with van der Waals surface area (Å²) in [5.74, 6) is 1.58. The second-order valence-electron chi connectivity index (χ2n) is 6.87. The molecule has 4 nitrogen and oxygen atoms in total. The lowest BCUT2D eigenvalue weighted by Crippen LogP contribution is -2.30. The van der Waals surface area contributed by atoms with Crippen LogP contribution in [-0.4, -0.2) is 19.1 Å². The lowest BCUT2D eigenvalue weighted by molar-refractivity contribution is -0.117. The number of halogens is 1. The van der Waals surface area contributed by atoms with Gasteiger partial charge in [0, 0.05) is 17.5 Å². The molecule has 5 heteroatoms. The quantitative estimate of drug-likeness (QED) is 0.734. The molecule has 3 rings (SSSR count). The molecule has 2 aromatic rings. The van der Waals surface area contributed by atoms with Gasteiger partial charge in [-0.05, 0) is 47.4 Å². The molecule has 0 aromatic heterocycles. The van der Waals surface area contributed by atoms with E-state index < -0.39 is 0 Å². The minimum atomic E-state index is -0.143. The molecule has 0 saturated heterocycles. The Balaban J connectivity index is 1.73. The van der Waals surface area contributed by atoms with Crippen LogP contribution in [0.25, 0.3) is 6.08 Å². The third kappa shape index (κ3) is 5.27. The molecule has 0 bridgehead atoms. The van der Waals surface area contributed by atoms with Gasteiger partial charge in [0.2, 0.25) is 5.91 Å². The number of hydrogen-bond donors (Lipinski definition) is 1. The van der Waals surface area contributed by atoms with Crippen molar-refractivity contribution < 1.29 is 14.3 Å². The average Bonchev–Trinajstić information content (AvgIpc) is 2.90. The summed E-state index contributed by atoms with van der Waals surface area (Å²) in [6.45, 7) is 5.46. The summed E-state index contributed by atoms with van der Waals surface area (Å²) in [6.07, 6.45) is 4.18. The number of benzene rings is 2. The molecule has 0 radical (unpaired) electrons. The van der Waals surface area contributed by atoms with Crippen LogP contribution in [0.5, 0.6) is 11.5 Å². The van der Waals surface area contributed by atoms with Gasteiger partial charge in [0.05, 0.1) is 19.3 Å². The van der Waals surface area contributed by atoms with Gasteiger partial charge in [-0.15, -0.1) is 0 Å². The van der Waals surface area contributed by atoms with Crippen molar-refractivity contribution in [3.63, 3.8) is 0 Å². The minimum absolute atomic E-state index is 0.121. The van der Waals surface area contributed by atoms with Crippen LogP contribution in [0.3, 0.4) is 0 Å². The molecule has 27 heavy (non-hydrogen) atoms. The predicted molar refractivity (Wildman–Crippen MR) is 108 cm³/mol. The summed E-state index contributed by atoms with van der Waals surface area (Å²) < 4.78 is 11.5. The van der Waals surface area contributed by atoms with Crippen LogP contribution >= 0.6 is 11.6 Å². The average molecular weight is 386 g/mol. The molecule has 142 valence electrons. The molecule has 1 heterocycles. The van der Waals surface area contributed by atoms with Crippen molar-refractivity contribution in [2.75, 3.05) is 13.2 Å². The highest BCUT2D eigenvalue weighted by atomic mass is 35.5. The van der Waals surface area contributed by atoms with Crippen molar-refractivity contribution in [2.45, 2.75) is 26.3 Å². The highest BCUT2D eigenvalue weighted by molar-refractivity contribution is 6.30. The Morgan fingerprint density at radius 1 is 1.07 bits per heavy atom. The van der Waals surface area contributed by atoms with E-state index in [1.165, 1.54) is 0 Å². The van der Waals surface area contributed by atoms with Crippen LogP contribution in [0, 0.1) is 5.92 Å². The predicted octanol–water partition coefficient (Wildman–Crippen LogP) is 5.03. The number of carbonyl (C=O) groups excluding carboxylic acids is 1. The van der Waals surface area contributed by atoms with Gasteiger partial charge >= 0.3 is 0 Å². The number of nitrogens with one attached hydrogen (secondary N) is 1. The van der Waals surface area contributed by atoms with Gasteiger partial charge in [-0.25, -0.2) is 0 Å². The topological polar surface area (TPSA) is 47.6 Å². The number of amides is 1. The molecule has 2 aromatic carbocycles. The van der Waals surface area contributed by atoms with Crippen molar-refractivity contribution in [3.8, 4) is 11.5 Å². The highest BCUT2D eigenvalue weighted by Gasteiger charge is 2.20. The first-order valence-corrected chi connectivity index (χ1v) is 9.54. The third-order valence-corrected chi connectivity index (χ3v) is 4.64. The van der Waals surface area contributed by atoms with Crippen LogP contribution in [0.2, 0.25) is 5.02 Å². The molecule has 0 spiro atoms. The molecule has 1 N–H and O–H groups in total. The molecule has 0 fully saturated rings. The van der Waals surface area contributed by atoms with Gasteiger partial charge in [-0.2, -0.15) is 0 Å². The van der Waals surface area contributed by atoms with Crippen LogP contribution in [0.4, 0.5) is 0 Å². The first-order valence-electron chi connectivity index (χ1n) is 9.16. The van der Waals surface area contributed by atoms with E-state index in [-0.39, 0.29) is 17.9 Å². The Morgan fingerprint density at radius 3 is 2.48 bits per heavy atom. The third-order valence-electron chi connectivity index (χ3n) is 4.39. The highest BCUT2D eigenvalue weighted by Crippen LogP contribution is 2.34. The van der Waals surface area contributed by atoms with E-state index in [1.54, 1.807) is 24.3 Å². The van der Waals surface area contributed by atoms with Crippen molar-refractivity contribution in [3.05, 3.63) is 64.7 Å². The minimum Gasteiger partial charge on any atom is -0.490 e. The van der Waals surface area contributed by atoms with Gasteiger partial charge < -0.3 is 14.8 Å². The van der Waals surface area contributed by atoms with Crippen molar-refractivity contribution >= 4 is 23.6 Å². The zero-order valence-electron chi connectivity index (χ0n) is 15.6. The van der Waals surface area contributed by atoms with E-state index in [4.69, 9.17) is 21.1 Å². The smallest absolute Gasteiger partial charge is 0.244 e. The summed E-state index contributed by atoms with van der Waals surface area (Å²) in [7, 11) is 0. The molecular formula is C22H24ClNO3. The Kier molecular flexibility index (Phi) is 6.40. The Morgan fingerprint density at radius 2 is 1.78 bits per heavy atom. The van der Waals surface area contributed by atoms with E-state index in [0.29, 0.717) is 18.2 Å². The molecule has 1 aliphatic heterocycles. The monoisotopic (exact) mass is 385 g/mol. The van der Waals surface area contributed by atoms with E-state index in [2.05, 4.69) is 19.2 Å². The summed E-state index contributed by atoms with van der Waals surface area (Å²) in [6, 6.07) is 13.1. The number of hydrogen-bond acceptors (Lipinski definition) is 3. The Hall–Kier alpha value is -2.46. The van der Waals surface area contributed by atoms with Crippen LogP contribution in [-0.2, 0) is 4.79 Å². The lowest BCUT2D eigenvalue weighted by Gasteiger charge is -2.23. The SMILES string of the molecule is CC(C)[C@@H](NC(=O)/C=C/c1ccc(Cl)cc1)c1ccc2c(c1)OCCCO2. The number of carbonyl (C=O) groups is 1. The summed E-state index contributed by atoms with van der Waals surface area (Å²) in [5, 5.41) is 3.76. The van der Waals surface area contributed by atoms with Crippen molar-refractivity contribution in [1.29, 1.82) is 0 Å². The standard InChI is InChI=1S/C22H24ClNO3/c1-15(2)22(17-7-10-19-20(14-17)27-13-3-12-26-19)24-21(25)11-6-16-4-8-18(23)9-5-16/h4-11,14-15,22H,3,12-13H2,1-2H3,(H,24,25)/b11-6+/t22-/m1/s1. The number of fused-ring (bicyclic) bond motifs is 1. The van der Waals surface area contributed by atoms with Gasteiger partial charge in [0.15, 0.2) is 11.5 Å². The van der Waals surface area contributed by atoms with Gasteiger partial charge in [-0.3, -0.25) is 4.79 Å². The molecule has 0 aliphatic carbocycles. The molecule has 0 saturated carbocycles. The summed E-state index contributed by atoms with van der Waals surface area (Å²) in [4.78, 5) is 12.4. The lowest BCUT2D eigenvalue weighted by atomic mass is 9.95. The van der Waals surface area contributed by atoms with Gasteiger partial charge in [0.25, 0.3) is 0 Å². The normalized spacial score (nSPS) is 14.8. The zero-order valence-corrected chi connectivity index (χ0v) is 16.3. The maximum Gasteiger partial charge on any atom is 0.244 e. The Bertz CT molecular complexity index is 815. The maximum atomic E-state index is 12.4. The molecule has 1 aliphatic rings. The molecule has 1 amide bonds. The Labute approximate surface area is 165 Å². The van der Waals surface area contributed by atoms with Crippen LogP contribution in [0.15, 0.2) is 48.5 Å². The first-order chi connectivity index (χ1) is 13.0. The molecule has 1 atom stereocenters. The largest absolute Gasteiger partial charge is 0.490 e. The van der Waals surface area contributed by atoms with Gasteiger partial charge in [0.1, 0.15) is 0 Å².